The van der Waals surface area contributed by atoms with Gasteiger partial charge >= 0.3 is 5.97 Å². The van der Waals surface area contributed by atoms with Crippen molar-refractivity contribution >= 4 is 5.97 Å². The molecule has 2 bridgehead atoms. The Bertz CT molecular complexity index is 1190. The van der Waals surface area contributed by atoms with E-state index in [0.29, 0.717) is 29.0 Å². The van der Waals surface area contributed by atoms with E-state index in [4.69, 9.17) is 4.74 Å². The van der Waals surface area contributed by atoms with E-state index in [-0.39, 0.29) is 6.10 Å². The molecule has 3 aromatic carbocycles. The molecule has 6 rings (SSSR count). The summed E-state index contributed by atoms with van der Waals surface area (Å²) < 4.78 is 6.25. The maximum absolute atomic E-state index is 13.7. The number of aliphatic hydroxyl groups is 1. The van der Waals surface area contributed by atoms with Gasteiger partial charge in [0, 0.05) is 23.1 Å². The summed E-state index contributed by atoms with van der Waals surface area (Å²) >= 11 is 0. The Labute approximate surface area is 213 Å². The third kappa shape index (κ3) is 3.88. The topological polar surface area (TPSA) is 49.8 Å². The smallest absolute Gasteiger partial charge is 0.348 e. The van der Waals surface area contributed by atoms with Gasteiger partial charge in [-0.15, -0.1) is 0 Å². The Hall–Kier alpha value is -2.95. The van der Waals surface area contributed by atoms with Gasteiger partial charge in [0.2, 0.25) is 5.60 Å². The fraction of sp³-hybridized carbons (Fsp3) is 0.406. The maximum Gasteiger partial charge on any atom is 0.348 e. The van der Waals surface area contributed by atoms with Crippen LogP contribution in [0.5, 0.6) is 0 Å². The first-order valence-corrected chi connectivity index (χ1v) is 13.4. The highest BCUT2D eigenvalue weighted by atomic mass is 16.6. The fourth-order valence-electron chi connectivity index (χ4n) is 7.07. The van der Waals surface area contributed by atoms with Gasteiger partial charge in [-0.25, -0.2) is 4.79 Å². The molecule has 36 heavy (non-hydrogen) atoms. The van der Waals surface area contributed by atoms with Crippen molar-refractivity contribution in [3.05, 3.63) is 95.6 Å². The van der Waals surface area contributed by atoms with Crippen molar-refractivity contribution in [3.63, 3.8) is 0 Å². The third-order valence-corrected chi connectivity index (χ3v) is 8.89. The van der Waals surface area contributed by atoms with Crippen molar-refractivity contribution < 1.29 is 14.6 Å². The number of unbranched alkanes of at least 4 members (excludes halogenated alkanes) is 1. The third-order valence-electron chi connectivity index (χ3n) is 8.89. The van der Waals surface area contributed by atoms with E-state index in [1.807, 2.05) is 48.5 Å². The number of rotatable bonds is 8. The Morgan fingerprint density at radius 1 is 0.917 bits per heavy atom. The van der Waals surface area contributed by atoms with E-state index >= 15 is 0 Å². The second-order valence-corrected chi connectivity index (χ2v) is 10.9. The zero-order chi connectivity index (χ0) is 24.7. The van der Waals surface area contributed by atoms with Crippen LogP contribution in [0.4, 0.5) is 0 Å². The van der Waals surface area contributed by atoms with Crippen LogP contribution in [-0.4, -0.2) is 41.7 Å². The first-order chi connectivity index (χ1) is 17.6. The Balaban J connectivity index is 1.12. The van der Waals surface area contributed by atoms with Crippen LogP contribution in [0.1, 0.15) is 48.8 Å². The summed E-state index contributed by atoms with van der Waals surface area (Å²) in [6.45, 7) is 1.06. The molecule has 3 aliphatic rings. The second-order valence-electron chi connectivity index (χ2n) is 10.9. The van der Waals surface area contributed by atoms with Crippen molar-refractivity contribution in [2.45, 2.75) is 56.3 Å². The minimum absolute atomic E-state index is 0.113. The molecule has 4 heteroatoms. The van der Waals surface area contributed by atoms with Crippen LogP contribution >= 0.6 is 0 Å². The minimum atomic E-state index is -1.74. The molecule has 3 aromatic rings. The van der Waals surface area contributed by atoms with Crippen LogP contribution in [0.3, 0.4) is 0 Å². The highest BCUT2D eigenvalue weighted by Gasteiger charge is 2.55. The lowest BCUT2D eigenvalue weighted by Gasteiger charge is -2.32. The lowest BCUT2D eigenvalue weighted by molar-refractivity contribution is -0.170. The standard InChI is InChI=1S/C32H35NO3/c1-33(20-10-9-13-22-11-3-2-4-12-22)29-21-23-18-19-26(29)30(23)36-31(34)32(35)27-16-7-5-14-24(27)25-15-6-8-17-28(25)32/h2-8,11-12,14-17,23,26,29-30,35H,9-10,13,18-21H2,1H3/t23?,26?,29-,30?/m1/s1. The number of carbonyl (C=O) groups is 1. The Morgan fingerprint density at radius 3 is 2.25 bits per heavy atom. The van der Waals surface area contributed by atoms with E-state index < -0.39 is 11.6 Å². The van der Waals surface area contributed by atoms with Gasteiger partial charge in [0.15, 0.2) is 0 Å². The van der Waals surface area contributed by atoms with Crippen molar-refractivity contribution in [3.8, 4) is 11.1 Å². The Morgan fingerprint density at radius 2 is 1.56 bits per heavy atom. The average Bonchev–Trinajstić information content (AvgIpc) is 3.55. The van der Waals surface area contributed by atoms with E-state index in [0.717, 1.165) is 49.8 Å². The number of hydrogen-bond acceptors (Lipinski definition) is 4. The number of ether oxygens (including phenoxy) is 1. The molecule has 0 aliphatic heterocycles. The van der Waals surface area contributed by atoms with Crippen LogP contribution in [0.25, 0.3) is 11.1 Å². The molecule has 0 amide bonds. The molecule has 0 aromatic heterocycles. The number of fused-ring (bicyclic) bond motifs is 5. The van der Waals surface area contributed by atoms with E-state index in [2.05, 4.69) is 42.3 Å². The highest BCUT2D eigenvalue weighted by molar-refractivity contribution is 5.96. The van der Waals surface area contributed by atoms with Crippen LogP contribution in [0.2, 0.25) is 0 Å². The molecular weight excluding hydrogens is 446 g/mol. The van der Waals surface area contributed by atoms with Gasteiger partial charge < -0.3 is 14.7 Å². The van der Waals surface area contributed by atoms with E-state index in [1.165, 1.54) is 12.0 Å². The van der Waals surface area contributed by atoms with Gasteiger partial charge in [-0.2, -0.15) is 0 Å². The summed E-state index contributed by atoms with van der Waals surface area (Å²) in [4.78, 5) is 16.2. The number of aryl methyl sites for hydroxylation is 1. The molecule has 4 atom stereocenters. The SMILES string of the molecule is CN(CCCCc1ccccc1)[C@@H]1CC2CCC1C2OC(=O)C1(O)c2ccccc2-c2ccccc21. The number of nitrogens with zero attached hydrogens (tertiary/aromatic N) is 1. The summed E-state index contributed by atoms with van der Waals surface area (Å²) in [6.07, 6.45) is 6.62. The predicted octanol–water partition coefficient (Wildman–Crippen LogP) is 5.57. The molecular formula is C32H35NO3. The average molecular weight is 482 g/mol. The molecule has 0 radical (unpaired) electrons. The van der Waals surface area contributed by atoms with Crippen molar-refractivity contribution in [2.75, 3.05) is 13.6 Å². The van der Waals surface area contributed by atoms with Gasteiger partial charge in [0.25, 0.3) is 0 Å². The van der Waals surface area contributed by atoms with Gasteiger partial charge in [0.1, 0.15) is 6.10 Å². The summed E-state index contributed by atoms with van der Waals surface area (Å²) in [5.74, 6) is 0.202. The largest absolute Gasteiger partial charge is 0.459 e. The monoisotopic (exact) mass is 481 g/mol. The van der Waals surface area contributed by atoms with Gasteiger partial charge in [-0.1, -0.05) is 78.9 Å². The van der Waals surface area contributed by atoms with Crippen LogP contribution < -0.4 is 0 Å². The number of esters is 1. The maximum atomic E-state index is 13.7. The zero-order valence-electron chi connectivity index (χ0n) is 21.0. The number of benzene rings is 3. The zero-order valence-corrected chi connectivity index (χ0v) is 21.0. The molecule has 4 nitrogen and oxygen atoms in total. The summed E-state index contributed by atoms with van der Waals surface area (Å²) in [5.41, 5.74) is 2.75. The van der Waals surface area contributed by atoms with E-state index in [1.54, 1.807) is 0 Å². The number of hydrogen-bond donors (Lipinski definition) is 1. The summed E-state index contributed by atoms with van der Waals surface area (Å²) in [6, 6.07) is 26.4. The predicted molar refractivity (Wildman–Crippen MR) is 141 cm³/mol. The number of carbonyl (C=O) groups excluding carboxylic acids is 1. The lowest BCUT2D eigenvalue weighted by Crippen LogP contribution is -2.42. The molecule has 0 saturated heterocycles. The molecule has 2 saturated carbocycles. The van der Waals surface area contributed by atoms with Crippen molar-refractivity contribution in [1.82, 2.24) is 4.90 Å². The highest BCUT2D eigenvalue weighted by Crippen LogP contribution is 2.51. The molecule has 2 fully saturated rings. The quantitative estimate of drug-likeness (QED) is 0.338. The molecule has 0 heterocycles. The summed E-state index contributed by atoms with van der Waals surface area (Å²) in [7, 11) is 2.23. The van der Waals surface area contributed by atoms with Crippen LogP contribution in [0.15, 0.2) is 78.9 Å². The first-order valence-electron chi connectivity index (χ1n) is 13.4. The first kappa shape index (κ1) is 23.4. The van der Waals surface area contributed by atoms with Crippen LogP contribution in [0, 0.1) is 11.8 Å². The Kier molecular flexibility index (Phi) is 6.18. The lowest BCUT2D eigenvalue weighted by atomic mass is 9.91. The fourth-order valence-corrected chi connectivity index (χ4v) is 7.07. The molecule has 3 aliphatic carbocycles. The van der Waals surface area contributed by atoms with Crippen LogP contribution in [-0.2, 0) is 21.6 Å². The van der Waals surface area contributed by atoms with Gasteiger partial charge in [-0.05, 0) is 74.7 Å². The second kappa shape index (κ2) is 9.49. The van der Waals surface area contributed by atoms with Crippen molar-refractivity contribution in [1.29, 1.82) is 0 Å². The normalized spacial score (nSPS) is 25.1. The van der Waals surface area contributed by atoms with E-state index in [9.17, 15) is 9.90 Å². The molecule has 186 valence electrons. The molecule has 0 spiro atoms. The molecule has 3 unspecified atom stereocenters. The van der Waals surface area contributed by atoms with Gasteiger partial charge in [0.05, 0.1) is 0 Å². The van der Waals surface area contributed by atoms with Gasteiger partial charge in [-0.3, -0.25) is 0 Å². The summed E-state index contributed by atoms with van der Waals surface area (Å²) in [5, 5.41) is 11.8. The van der Waals surface area contributed by atoms with Crippen molar-refractivity contribution in [2.24, 2.45) is 11.8 Å². The minimum Gasteiger partial charge on any atom is -0.459 e. The molecule has 1 N–H and O–H groups in total.